The van der Waals surface area contributed by atoms with Crippen LogP contribution >= 0.6 is 0 Å². The molecule has 24 heavy (non-hydrogen) atoms. The Labute approximate surface area is 139 Å². The van der Waals surface area contributed by atoms with E-state index in [0.29, 0.717) is 0 Å². The third-order valence-electron chi connectivity index (χ3n) is 2.20. The van der Waals surface area contributed by atoms with Gasteiger partial charge in [0.05, 0.1) is 0 Å². The molecule has 0 aliphatic carbocycles. The average molecular weight is 355 g/mol. The molecule has 140 valence electrons. The van der Waals surface area contributed by atoms with Gasteiger partial charge in [-0.15, -0.1) is 5.01 Å². The highest BCUT2D eigenvalue weighted by Gasteiger charge is 2.45. The van der Waals surface area contributed by atoms with Crippen molar-refractivity contribution in [3.63, 3.8) is 0 Å². The maximum absolute atomic E-state index is 13.0. The summed E-state index contributed by atoms with van der Waals surface area (Å²) in [5.41, 5.74) is -2.06. The van der Waals surface area contributed by atoms with Gasteiger partial charge in [0.2, 0.25) is 5.84 Å². The fraction of sp³-hybridized carbons (Fsp3) is 0.786. The van der Waals surface area contributed by atoms with Crippen LogP contribution in [0.3, 0.4) is 0 Å². The van der Waals surface area contributed by atoms with E-state index in [2.05, 4.69) is 4.99 Å². The summed E-state index contributed by atoms with van der Waals surface area (Å²) in [6, 6.07) is 0. The number of carbonyl (C=O) groups is 2. The number of amides is 2. The Morgan fingerprint density at radius 2 is 1.21 bits per heavy atom. The number of rotatable bonds is 0. The van der Waals surface area contributed by atoms with Crippen LogP contribution in [0.4, 0.5) is 22.8 Å². The Hall–Kier alpha value is -2.00. The van der Waals surface area contributed by atoms with Gasteiger partial charge in [-0.3, -0.25) is 10.0 Å². The third kappa shape index (κ3) is 7.05. The van der Waals surface area contributed by atoms with E-state index in [1.54, 1.807) is 0 Å². The molecule has 0 atom stereocenters. The molecule has 0 N–H and O–H groups in total. The lowest BCUT2D eigenvalue weighted by Gasteiger charge is -2.34. The predicted octanol–water partition coefficient (Wildman–Crippen LogP) is 3.60. The van der Waals surface area contributed by atoms with Crippen molar-refractivity contribution in [2.45, 2.75) is 58.9 Å². The van der Waals surface area contributed by atoms with Gasteiger partial charge in [-0.25, -0.2) is 9.59 Å². The number of halogens is 3. The topological polar surface area (TPSA) is 71.4 Å². The molecule has 10 heteroatoms. The summed E-state index contributed by atoms with van der Waals surface area (Å²) in [5, 5.41) is 0.370. The molecule has 0 aliphatic rings. The Morgan fingerprint density at radius 1 is 0.875 bits per heavy atom. The minimum absolute atomic E-state index is 0.117. The van der Waals surface area contributed by atoms with Crippen LogP contribution in [0, 0.1) is 0 Å². The summed E-state index contributed by atoms with van der Waals surface area (Å²) < 4.78 is 49.1. The van der Waals surface area contributed by atoms with Gasteiger partial charge in [0, 0.05) is 14.1 Å². The highest BCUT2D eigenvalue weighted by Crippen LogP contribution is 2.23. The van der Waals surface area contributed by atoms with Crippen molar-refractivity contribution in [2.24, 2.45) is 4.99 Å². The van der Waals surface area contributed by atoms with Gasteiger partial charge >= 0.3 is 18.4 Å². The Kier molecular flexibility index (Phi) is 6.66. The number of imide groups is 1. The van der Waals surface area contributed by atoms with Gasteiger partial charge in [-0.1, -0.05) is 0 Å². The van der Waals surface area contributed by atoms with Gasteiger partial charge in [0.15, 0.2) is 0 Å². The summed E-state index contributed by atoms with van der Waals surface area (Å²) in [5.74, 6) is -1.46. The minimum atomic E-state index is -4.88. The van der Waals surface area contributed by atoms with Crippen molar-refractivity contribution < 1.29 is 32.2 Å². The molecular weight excluding hydrogens is 331 g/mol. The number of hydrazine groups is 1. The average Bonchev–Trinajstić information content (AvgIpc) is 2.21. The monoisotopic (exact) mass is 355 g/mol. The first-order chi connectivity index (χ1) is 10.5. The van der Waals surface area contributed by atoms with Crippen molar-refractivity contribution in [3.8, 4) is 0 Å². The zero-order valence-electron chi connectivity index (χ0n) is 15.1. The minimum Gasteiger partial charge on any atom is -0.442 e. The molecule has 0 aliphatic heterocycles. The molecule has 0 spiro atoms. The smallest absolute Gasteiger partial charge is 0.442 e. The lowest BCUT2D eigenvalue weighted by atomic mass is 10.2. The fourth-order valence-electron chi connectivity index (χ4n) is 1.48. The number of hydrogen-bond acceptors (Lipinski definition) is 5. The highest BCUT2D eigenvalue weighted by atomic mass is 19.4. The van der Waals surface area contributed by atoms with Gasteiger partial charge in [-0.2, -0.15) is 13.2 Å². The number of carbonyl (C=O) groups excluding carboxylic acids is 2. The van der Waals surface area contributed by atoms with Crippen molar-refractivity contribution in [1.29, 1.82) is 0 Å². The first kappa shape index (κ1) is 22.0. The number of ether oxygens (including phenoxy) is 2. The van der Waals surface area contributed by atoms with E-state index in [1.165, 1.54) is 41.5 Å². The first-order valence-electron chi connectivity index (χ1n) is 7.03. The van der Waals surface area contributed by atoms with E-state index in [4.69, 9.17) is 9.47 Å². The number of amidine groups is 1. The molecule has 2 amide bonds. The normalized spacial score (nSPS) is 13.4. The van der Waals surface area contributed by atoms with Crippen LogP contribution in [-0.4, -0.2) is 59.5 Å². The molecule has 0 unspecified atom stereocenters. The molecule has 7 nitrogen and oxygen atoms in total. The van der Waals surface area contributed by atoms with Crippen LogP contribution < -0.4 is 0 Å². The van der Waals surface area contributed by atoms with Crippen molar-refractivity contribution in [2.75, 3.05) is 14.1 Å². The van der Waals surface area contributed by atoms with E-state index in [-0.39, 0.29) is 10.0 Å². The zero-order chi connectivity index (χ0) is 19.5. The molecule has 0 bridgehead atoms. The second kappa shape index (κ2) is 7.27. The molecule has 0 fully saturated rings. The molecule has 0 aromatic heterocycles. The summed E-state index contributed by atoms with van der Waals surface area (Å²) in [6.07, 6.45) is -7.51. The summed E-state index contributed by atoms with van der Waals surface area (Å²) in [6.45, 7) is 9.06. The van der Waals surface area contributed by atoms with Crippen molar-refractivity contribution in [1.82, 2.24) is 10.0 Å². The van der Waals surface area contributed by atoms with Gasteiger partial charge in [0.25, 0.3) is 0 Å². The van der Waals surface area contributed by atoms with Crippen molar-refractivity contribution in [3.05, 3.63) is 0 Å². The molecule has 0 radical (unpaired) electrons. The van der Waals surface area contributed by atoms with Crippen LogP contribution in [0.5, 0.6) is 0 Å². The Bertz CT molecular complexity index is 477. The fourth-order valence-corrected chi connectivity index (χ4v) is 1.48. The van der Waals surface area contributed by atoms with Crippen LogP contribution in [0.25, 0.3) is 0 Å². The van der Waals surface area contributed by atoms with Gasteiger partial charge in [-0.05, 0) is 41.5 Å². The quantitative estimate of drug-likeness (QED) is 0.377. The summed E-state index contributed by atoms with van der Waals surface area (Å²) in [4.78, 5) is 27.5. The third-order valence-corrected chi connectivity index (χ3v) is 2.20. The Balaban J connectivity index is 5.79. The molecule has 0 rings (SSSR count). The number of aliphatic imine (C=N–C) groups is 1. The standard InChI is InChI=1S/C14H24F3N3O4/c1-12(2,3)23-10(21)20(11(22)24-13(4,5)6)19(8)9(18-7)14(15,16)17/h1-8H3. The highest BCUT2D eigenvalue weighted by molar-refractivity contribution is 5.94. The molecule has 0 saturated carbocycles. The van der Waals surface area contributed by atoms with E-state index in [9.17, 15) is 22.8 Å². The first-order valence-corrected chi connectivity index (χ1v) is 7.03. The number of nitrogens with zero attached hydrogens (tertiary/aromatic N) is 3. The SMILES string of the molecule is CN=C(N(C)N(C(=O)OC(C)(C)C)C(=O)OC(C)(C)C)C(F)(F)F. The van der Waals surface area contributed by atoms with E-state index < -0.39 is 35.4 Å². The summed E-state index contributed by atoms with van der Waals surface area (Å²) >= 11 is 0. The van der Waals surface area contributed by atoms with E-state index in [1.807, 2.05) is 0 Å². The van der Waals surface area contributed by atoms with Crippen LogP contribution in [0.15, 0.2) is 4.99 Å². The van der Waals surface area contributed by atoms with E-state index >= 15 is 0 Å². The molecule has 0 aromatic rings. The van der Waals surface area contributed by atoms with Crippen LogP contribution in [0.2, 0.25) is 0 Å². The maximum atomic E-state index is 13.0. The molecule has 0 heterocycles. The van der Waals surface area contributed by atoms with Gasteiger partial charge < -0.3 is 9.47 Å². The lowest BCUT2D eigenvalue weighted by Crippen LogP contribution is -2.56. The maximum Gasteiger partial charge on any atom is 0.450 e. The van der Waals surface area contributed by atoms with Crippen molar-refractivity contribution >= 4 is 18.0 Å². The second-order valence-corrected chi connectivity index (χ2v) is 6.84. The zero-order valence-corrected chi connectivity index (χ0v) is 15.1. The van der Waals surface area contributed by atoms with Gasteiger partial charge in [0.1, 0.15) is 11.2 Å². The molecular formula is C14H24F3N3O4. The second-order valence-electron chi connectivity index (χ2n) is 6.84. The molecule has 0 aromatic carbocycles. The predicted molar refractivity (Wildman–Crippen MR) is 81.5 cm³/mol. The molecule has 0 saturated heterocycles. The van der Waals surface area contributed by atoms with Crippen LogP contribution in [0.1, 0.15) is 41.5 Å². The number of hydrogen-bond donors (Lipinski definition) is 0. The lowest BCUT2D eigenvalue weighted by molar-refractivity contribution is -0.0841. The summed E-state index contributed by atoms with van der Waals surface area (Å²) in [7, 11) is 1.76. The van der Waals surface area contributed by atoms with Crippen LogP contribution in [-0.2, 0) is 9.47 Å². The largest absolute Gasteiger partial charge is 0.450 e. The number of alkyl halides is 3. The van der Waals surface area contributed by atoms with E-state index in [0.717, 1.165) is 14.1 Å². The Morgan fingerprint density at radius 3 is 1.42 bits per heavy atom.